The fourth-order valence-corrected chi connectivity index (χ4v) is 0.963. The first-order valence-electron chi connectivity index (χ1n) is 4.02. The van der Waals surface area contributed by atoms with Gasteiger partial charge in [-0.3, -0.25) is 0 Å². The number of rotatable bonds is 4. The van der Waals surface area contributed by atoms with E-state index in [1.165, 1.54) is 21.1 Å². The van der Waals surface area contributed by atoms with E-state index in [9.17, 15) is 5.11 Å². The lowest BCUT2D eigenvalue weighted by molar-refractivity contribution is -0.235. The first kappa shape index (κ1) is 12.4. The zero-order valence-corrected chi connectivity index (χ0v) is 8.79. The molecule has 0 fully saturated rings. The summed E-state index contributed by atoms with van der Waals surface area (Å²) in [6.45, 7) is 4.80. The summed E-state index contributed by atoms with van der Waals surface area (Å²) in [6, 6.07) is 2.02. The van der Waals surface area contributed by atoms with E-state index in [1.54, 1.807) is 13.8 Å². The highest BCUT2D eigenvalue weighted by Crippen LogP contribution is 2.34. The van der Waals surface area contributed by atoms with Crippen LogP contribution < -0.4 is 0 Å². The lowest BCUT2D eigenvalue weighted by atomic mass is 9.77. The van der Waals surface area contributed by atoms with Gasteiger partial charge in [-0.05, 0) is 20.8 Å². The molecule has 0 amide bonds. The van der Waals surface area contributed by atoms with Crippen LogP contribution in [0.5, 0.6) is 0 Å². The molecule has 1 N–H and O–H groups in total. The Morgan fingerprint density at radius 1 is 1.23 bits per heavy atom. The molecule has 0 spiro atoms. The highest BCUT2D eigenvalue weighted by atomic mass is 16.7. The maximum atomic E-state index is 10.0. The van der Waals surface area contributed by atoms with E-state index in [0.29, 0.717) is 0 Å². The molecule has 4 nitrogen and oxygen atoms in total. The van der Waals surface area contributed by atoms with Gasteiger partial charge in [0.25, 0.3) is 0 Å². The fraction of sp³-hybridized carbons (Fsp3) is 0.889. The molecular weight excluding hydrogens is 170 g/mol. The maximum Gasteiger partial charge on any atom is 0.186 e. The van der Waals surface area contributed by atoms with Crippen LogP contribution in [0.1, 0.15) is 20.8 Å². The monoisotopic (exact) mass is 187 g/mol. The van der Waals surface area contributed by atoms with Crippen molar-refractivity contribution in [2.24, 2.45) is 5.41 Å². The molecule has 0 aromatic carbocycles. The maximum absolute atomic E-state index is 10.0. The standard InChI is InChI=1S/C9H17NO3/c1-8(2,6-10)9(3,11)7(12-4)13-5/h7,11H,1-5H3. The SMILES string of the molecule is COC(OC)C(C)(O)C(C)(C)C#N. The van der Waals surface area contributed by atoms with Crippen molar-refractivity contribution in [2.75, 3.05) is 14.2 Å². The van der Waals surface area contributed by atoms with Gasteiger partial charge in [0.2, 0.25) is 0 Å². The van der Waals surface area contributed by atoms with E-state index in [0.717, 1.165) is 0 Å². The molecule has 0 aliphatic carbocycles. The van der Waals surface area contributed by atoms with E-state index >= 15 is 0 Å². The minimum absolute atomic E-state index is 0.804. The summed E-state index contributed by atoms with van der Waals surface area (Å²) in [5.74, 6) is 0. The number of hydrogen-bond acceptors (Lipinski definition) is 4. The summed E-state index contributed by atoms with van der Waals surface area (Å²) in [4.78, 5) is 0. The summed E-state index contributed by atoms with van der Waals surface area (Å²) in [5.41, 5.74) is -2.27. The van der Waals surface area contributed by atoms with Gasteiger partial charge in [0, 0.05) is 14.2 Å². The van der Waals surface area contributed by atoms with Crippen LogP contribution in [0.15, 0.2) is 0 Å². The van der Waals surface area contributed by atoms with Gasteiger partial charge in [0.1, 0.15) is 5.60 Å². The van der Waals surface area contributed by atoms with Crippen molar-refractivity contribution in [1.29, 1.82) is 5.26 Å². The van der Waals surface area contributed by atoms with Crippen molar-refractivity contribution >= 4 is 0 Å². The highest BCUT2D eigenvalue weighted by molar-refractivity contribution is 5.06. The molecule has 0 heterocycles. The molecule has 0 bridgehead atoms. The van der Waals surface area contributed by atoms with Crippen molar-refractivity contribution in [1.82, 2.24) is 0 Å². The van der Waals surface area contributed by atoms with E-state index in [1.807, 2.05) is 6.07 Å². The minimum atomic E-state index is -1.34. The van der Waals surface area contributed by atoms with Crippen LogP contribution in [0.25, 0.3) is 0 Å². The molecule has 0 saturated carbocycles. The number of nitrogens with zero attached hydrogens (tertiary/aromatic N) is 1. The Morgan fingerprint density at radius 3 is 1.85 bits per heavy atom. The molecule has 4 heteroatoms. The molecule has 0 aliphatic heterocycles. The van der Waals surface area contributed by atoms with Crippen LogP contribution in [0.2, 0.25) is 0 Å². The molecule has 1 atom stereocenters. The lowest BCUT2D eigenvalue weighted by Crippen LogP contribution is -2.52. The lowest BCUT2D eigenvalue weighted by Gasteiger charge is -2.38. The summed E-state index contributed by atoms with van der Waals surface area (Å²) in [7, 11) is 2.85. The third-order valence-corrected chi connectivity index (χ3v) is 2.43. The van der Waals surface area contributed by atoms with Gasteiger partial charge < -0.3 is 14.6 Å². The van der Waals surface area contributed by atoms with E-state index in [-0.39, 0.29) is 0 Å². The fourth-order valence-electron chi connectivity index (χ4n) is 0.963. The third kappa shape index (κ3) is 2.19. The quantitative estimate of drug-likeness (QED) is 0.664. The molecule has 0 saturated heterocycles. The first-order chi connectivity index (χ1) is 5.83. The summed E-state index contributed by atoms with van der Waals surface area (Å²) >= 11 is 0. The second-order valence-electron chi connectivity index (χ2n) is 3.69. The van der Waals surface area contributed by atoms with Crippen LogP contribution in [0.4, 0.5) is 0 Å². The van der Waals surface area contributed by atoms with Gasteiger partial charge in [-0.1, -0.05) is 0 Å². The molecule has 0 aromatic heterocycles. The predicted octanol–water partition coefficient (Wildman–Crippen LogP) is 0.906. The molecule has 0 radical (unpaired) electrons. The molecular formula is C9H17NO3. The van der Waals surface area contributed by atoms with Crippen molar-refractivity contribution in [3.8, 4) is 6.07 Å². The average molecular weight is 187 g/mol. The first-order valence-corrected chi connectivity index (χ1v) is 4.02. The number of aliphatic hydroxyl groups is 1. The van der Waals surface area contributed by atoms with Gasteiger partial charge in [-0.15, -0.1) is 0 Å². The zero-order valence-electron chi connectivity index (χ0n) is 8.79. The van der Waals surface area contributed by atoms with Gasteiger partial charge in [-0.2, -0.15) is 5.26 Å². The topological polar surface area (TPSA) is 62.5 Å². The van der Waals surface area contributed by atoms with Crippen LogP contribution in [-0.2, 0) is 9.47 Å². The Morgan fingerprint density at radius 2 is 1.62 bits per heavy atom. The third-order valence-electron chi connectivity index (χ3n) is 2.43. The Labute approximate surface area is 79.1 Å². The summed E-state index contributed by atoms with van der Waals surface area (Å²) < 4.78 is 9.86. The smallest absolute Gasteiger partial charge is 0.186 e. The summed E-state index contributed by atoms with van der Waals surface area (Å²) in [5, 5.41) is 18.9. The van der Waals surface area contributed by atoms with Crippen LogP contribution >= 0.6 is 0 Å². The number of nitriles is 1. The molecule has 76 valence electrons. The van der Waals surface area contributed by atoms with E-state index in [2.05, 4.69) is 0 Å². The minimum Gasteiger partial charge on any atom is -0.383 e. The van der Waals surface area contributed by atoms with Crippen LogP contribution in [0, 0.1) is 16.7 Å². The van der Waals surface area contributed by atoms with Gasteiger partial charge >= 0.3 is 0 Å². The molecule has 0 aromatic rings. The number of methoxy groups -OCH3 is 2. The second-order valence-corrected chi connectivity index (χ2v) is 3.69. The van der Waals surface area contributed by atoms with Gasteiger partial charge in [-0.25, -0.2) is 0 Å². The largest absolute Gasteiger partial charge is 0.383 e. The van der Waals surface area contributed by atoms with E-state index < -0.39 is 17.3 Å². The number of ether oxygens (including phenoxy) is 2. The van der Waals surface area contributed by atoms with Crippen molar-refractivity contribution < 1.29 is 14.6 Å². The molecule has 0 aliphatic rings. The van der Waals surface area contributed by atoms with Gasteiger partial charge in [0.05, 0.1) is 11.5 Å². The molecule has 13 heavy (non-hydrogen) atoms. The van der Waals surface area contributed by atoms with Gasteiger partial charge in [0.15, 0.2) is 6.29 Å². The predicted molar refractivity (Wildman–Crippen MR) is 47.8 cm³/mol. The van der Waals surface area contributed by atoms with Crippen LogP contribution in [0.3, 0.4) is 0 Å². The second kappa shape index (κ2) is 4.05. The Balaban J connectivity index is 4.84. The molecule has 1 unspecified atom stereocenters. The van der Waals surface area contributed by atoms with Crippen molar-refractivity contribution in [2.45, 2.75) is 32.7 Å². The Hall–Kier alpha value is -0.630. The number of hydrogen-bond donors (Lipinski definition) is 1. The highest BCUT2D eigenvalue weighted by Gasteiger charge is 2.47. The Bertz CT molecular complexity index is 201. The average Bonchev–Trinajstić information content (AvgIpc) is 2.06. The van der Waals surface area contributed by atoms with E-state index in [4.69, 9.17) is 14.7 Å². The normalized spacial score (nSPS) is 16.8. The summed E-state index contributed by atoms with van der Waals surface area (Å²) in [6.07, 6.45) is -0.804. The van der Waals surface area contributed by atoms with Crippen LogP contribution in [-0.4, -0.2) is 31.2 Å². The zero-order chi connectivity index (χ0) is 10.7. The Kier molecular flexibility index (Phi) is 3.86. The molecule has 0 rings (SSSR count). The van der Waals surface area contributed by atoms with Crippen molar-refractivity contribution in [3.05, 3.63) is 0 Å². The van der Waals surface area contributed by atoms with Crippen molar-refractivity contribution in [3.63, 3.8) is 0 Å².